The Morgan fingerprint density at radius 3 is 2.38 bits per heavy atom. The molecule has 0 saturated heterocycles. The Morgan fingerprint density at radius 2 is 1.83 bits per heavy atom. The largest absolute Gasteiger partial charge is 0.465 e. The summed E-state index contributed by atoms with van der Waals surface area (Å²) in [6, 6.07) is 13.2. The van der Waals surface area contributed by atoms with Crippen LogP contribution in [0.25, 0.3) is 0 Å². The normalized spacial score (nSPS) is 25.8. The monoisotopic (exact) mass is 415 g/mol. The van der Waals surface area contributed by atoms with Crippen molar-refractivity contribution in [3.63, 3.8) is 0 Å². The molecule has 4 rings (SSSR count). The van der Waals surface area contributed by atoms with Gasteiger partial charge in [-0.25, -0.2) is 8.42 Å². The SMILES string of the molecule is Cc1ccc(CN(Cc2ccccc2)S(=O)(=O)CC23CCC(CC2=O)C3(C)C)o1. The predicted molar refractivity (Wildman–Crippen MR) is 111 cm³/mol. The van der Waals surface area contributed by atoms with E-state index in [2.05, 4.69) is 13.8 Å². The van der Waals surface area contributed by atoms with Gasteiger partial charge < -0.3 is 4.42 Å². The van der Waals surface area contributed by atoms with Crippen LogP contribution >= 0.6 is 0 Å². The minimum Gasteiger partial charge on any atom is -0.465 e. The summed E-state index contributed by atoms with van der Waals surface area (Å²) in [5.41, 5.74) is -0.139. The van der Waals surface area contributed by atoms with Crippen LogP contribution in [0, 0.1) is 23.7 Å². The van der Waals surface area contributed by atoms with Gasteiger partial charge in [-0.2, -0.15) is 4.31 Å². The zero-order valence-electron chi connectivity index (χ0n) is 17.3. The molecule has 2 bridgehead atoms. The fourth-order valence-corrected chi connectivity index (χ4v) is 7.45. The van der Waals surface area contributed by atoms with Crippen molar-refractivity contribution in [2.45, 2.75) is 53.1 Å². The van der Waals surface area contributed by atoms with Gasteiger partial charge >= 0.3 is 0 Å². The van der Waals surface area contributed by atoms with Gasteiger partial charge in [0, 0.05) is 18.4 Å². The Kier molecular flexibility index (Phi) is 4.98. The number of hydrogen-bond donors (Lipinski definition) is 0. The molecule has 0 radical (unpaired) electrons. The molecule has 5 nitrogen and oxygen atoms in total. The Balaban J connectivity index is 1.66. The van der Waals surface area contributed by atoms with E-state index in [-0.39, 0.29) is 30.0 Å². The Labute approximate surface area is 173 Å². The van der Waals surface area contributed by atoms with E-state index < -0.39 is 15.4 Å². The minimum absolute atomic E-state index is 0.116. The number of carbonyl (C=O) groups is 1. The van der Waals surface area contributed by atoms with E-state index >= 15 is 0 Å². The van der Waals surface area contributed by atoms with Gasteiger partial charge in [0.05, 0.1) is 12.3 Å². The van der Waals surface area contributed by atoms with Gasteiger partial charge in [-0.3, -0.25) is 4.79 Å². The van der Waals surface area contributed by atoms with Crippen LogP contribution in [-0.4, -0.2) is 24.3 Å². The van der Waals surface area contributed by atoms with Gasteiger partial charge in [0.2, 0.25) is 10.0 Å². The van der Waals surface area contributed by atoms with E-state index in [9.17, 15) is 13.2 Å². The van der Waals surface area contributed by atoms with Crippen LogP contribution in [0.5, 0.6) is 0 Å². The quantitative estimate of drug-likeness (QED) is 0.676. The van der Waals surface area contributed by atoms with Crippen LogP contribution in [0.4, 0.5) is 0 Å². The summed E-state index contributed by atoms with van der Waals surface area (Å²) >= 11 is 0. The summed E-state index contributed by atoms with van der Waals surface area (Å²) in [7, 11) is -3.69. The lowest BCUT2D eigenvalue weighted by Crippen LogP contribution is -2.46. The van der Waals surface area contributed by atoms with Crippen LogP contribution in [-0.2, 0) is 27.9 Å². The number of hydrogen-bond acceptors (Lipinski definition) is 4. The van der Waals surface area contributed by atoms with Crippen LogP contribution in [0.1, 0.15) is 50.2 Å². The van der Waals surface area contributed by atoms with Crippen LogP contribution in [0.3, 0.4) is 0 Å². The standard InChI is InChI=1S/C23H29NO4S/c1-17-9-10-20(28-17)15-24(14-18-7-5-4-6-8-18)29(26,27)16-23-12-11-19(13-21(23)25)22(23,2)3/h4-10,19H,11-16H2,1-3H3. The Hall–Kier alpha value is -1.92. The third-order valence-electron chi connectivity index (χ3n) is 7.29. The van der Waals surface area contributed by atoms with Crippen molar-refractivity contribution in [2.75, 3.05) is 5.75 Å². The number of sulfonamides is 1. The fourth-order valence-electron chi connectivity index (χ4n) is 5.29. The maximum atomic E-state index is 13.7. The molecule has 0 amide bonds. The lowest BCUT2D eigenvalue weighted by molar-refractivity contribution is -0.128. The van der Waals surface area contributed by atoms with Gasteiger partial charge in [0.1, 0.15) is 17.3 Å². The molecule has 1 heterocycles. The first-order valence-electron chi connectivity index (χ1n) is 10.2. The van der Waals surface area contributed by atoms with Crippen molar-refractivity contribution in [1.82, 2.24) is 4.31 Å². The van der Waals surface area contributed by atoms with E-state index in [0.29, 0.717) is 24.5 Å². The topological polar surface area (TPSA) is 67.6 Å². The van der Waals surface area contributed by atoms with Gasteiger partial charge in [0.15, 0.2) is 0 Å². The predicted octanol–water partition coefficient (Wildman–Crippen LogP) is 4.32. The molecule has 2 aromatic rings. The van der Waals surface area contributed by atoms with Gasteiger partial charge in [-0.15, -0.1) is 0 Å². The molecule has 2 atom stereocenters. The molecule has 1 aromatic carbocycles. The number of rotatable bonds is 7. The van der Waals surface area contributed by atoms with Gasteiger partial charge in [-0.05, 0) is 48.8 Å². The molecule has 0 aliphatic heterocycles. The van der Waals surface area contributed by atoms with E-state index in [0.717, 1.165) is 17.7 Å². The molecule has 156 valence electrons. The molecule has 29 heavy (non-hydrogen) atoms. The number of Topliss-reactive ketones (excluding diaryl/α,β-unsaturated/α-hetero) is 1. The molecular formula is C23H29NO4S. The summed E-state index contributed by atoms with van der Waals surface area (Å²) < 4.78 is 34.4. The summed E-state index contributed by atoms with van der Waals surface area (Å²) in [4.78, 5) is 12.9. The van der Waals surface area contributed by atoms with Gasteiger partial charge in [-0.1, -0.05) is 44.2 Å². The molecule has 2 aliphatic rings. The smallest absolute Gasteiger partial charge is 0.215 e. The van der Waals surface area contributed by atoms with E-state index in [1.54, 1.807) is 0 Å². The van der Waals surface area contributed by atoms with Gasteiger partial charge in [0.25, 0.3) is 0 Å². The van der Waals surface area contributed by atoms with Crippen molar-refractivity contribution >= 4 is 15.8 Å². The summed E-state index contributed by atoms with van der Waals surface area (Å²) in [6.45, 7) is 6.41. The second kappa shape index (κ2) is 7.10. The third-order valence-corrected chi connectivity index (χ3v) is 9.19. The lowest BCUT2D eigenvalue weighted by Gasteiger charge is -2.37. The fraction of sp³-hybridized carbons (Fsp3) is 0.522. The first kappa shape index (κ1) is 20.4. The van der Waals surface area contributed by atoms with Crippen molar-refractivity contribution in [2.24, 2.45) is 16.7 Å². The van der Waals surface area contributed by atoms with Crippen molar-refractivity contribution in [3.8, 4) is 0 Å². The number of nitrogens with zero attached hydrogens (tertiary/aromatic N) is 1. The second-order valence-corrected chi connectivity index (χ2v) is 11.2. The van der Waals surface area contributed by atoms with Crippen LogP contribution in [0.2, 0.25) is 0 Å². The lowest BCUT2D eigenvalue weighted by atomic mass is 9.70. The molecule has 2 saturated carbocycles. The molecular weight excluding hydrogens is 386 g/mol. The van der Waals surface area contributed by atoms with E-state index in [1.165, 1.54) is 4.31 Å². The maximum absolute atomic E-state index is 13.7. The third kappa shape index (κ3) is 3.46. The number of furan rings is 1. The molecule has 0 spiro atoms. The zero-order valence-corrected chi connectivity index (χ0v) is 18.2. The summed E-state index contributed by atoms with van der Waals surface area (Å²) in [5, 5.41) is 0. The maximum Gasteiger partial charge on any atom is 0.215 e. The molecule has 2 aliphatic carbocycles. The highest BCUT2D eigenvalue weighted by Crippen LogP contribution is 2.64. The summed E-state index contributed by atoms with van der Waals surface area (Å²) in [6.07, 6.45) is 2.12. The number of fused-ring (bicyclic) bond motifs is 2. The van der Waals surface area contributed by atoms with Crippen molar-refractivity contribution in [3.05, 3.63) is 59.5 Å². The molecule has 0 N–H and O–H groups in total. The van der Waals surface area contributed by atoms with Crippen molar-refractivity contribution < 1.29 is 17.6 Å². The Morgan fingerprint density at radius 1 is 1.10 bits per heavy atom. The molecule has 2 unspecified atom stereocenters. The van der Waals surface area contributed by atoms with Crippen molar-refractivity contribution in [1.29, 1.82) is 0 Å². The second-order valence-electron chi connectivity index (χ2n) is 9.19. The average molecular weight is 416 g/mol. The number of aryl methyl sites for hydroxylation is 1. The molecule has 1 aromatic heterocycles. The number of ketones is 1. The highest BCUT2D eigenvalue weighted by molar-refractivity contribution is 7.89. The highest BCUT2D eigenvalue weighted by atomic mass is 32.2. The highest BCUT2D eigenvalue weighted by Gasteiger charge is 2.65. The van der Waals surface area contributed by atoms with E-state index in [1.807, 2.05) is 49.4 Å². The van der Waals surface area contributed by atoms with E-state index in [4.69, 9.17) is 4.42 Å². The summed E-state index contributed by atoms with van der Waals surface area (Å²) in [5.74, 6) is 1.66. The Bertz CT molecular complexity index is 1010. The zero-order chi connectivity index (χ0) is 20.9. The first-order valence-corrected chi connectivity index (χ1v) is 11.9. The average Bonchev–Trinajstić information content (AvgIpc) is 3.23. The van der Waals surface area contributed by atoms with Crippen LogP contribution < -0.4 is 0 Å². The number of carbonyl (C=O) groups excluding carboxylic acids is 1. The minimum atomic E-state index is -3.69. The first-order chi connectivity index (χ1) is 13.6. The number of benzene rings is 1. The molecule has 2 fully saturated rings. The molecule has 6 heteroatoms. The van der Waals surface area contributed by atoms with Crippen LogP contribution in [0.15, 0.2) is 46.9 Å².